The van der Waals surface area contributed by atoms with Gasteiger partial charge in [0.2, 0.25) is 0 Å². The first-order valence-electron chi connectivity index (χ1n) is 7.96. The van der Waals surface area contributed by atoms with Gasteiger partial charge in [-0.2, -0.15) is 0 Å². The fraction of sp³-hybridized carbons (Fsp3) is 1.00. The second-order valence-corrected chi connectivity index (χ2v) is 6.71. The maximum Gasteiger partial charge on any atom is 0.0274 e. The van der Waals surface area contributed by atoms with E-state index >= 15 is 0 Å². The van der Waals surface area contributed by atoms with Crippen molar-refractivity contribution in [2.75, 3.05) is 20.1 Å². The van der Waals surface area contributed by atoms with Crippen LogP contribution in [0, 0.1) is 5.41 Å². The quantitative estimate of drug-likeness (QED) is 0.665. The molecule has 0 aromatic carbocycles. The van der Waals surface area contributed by atoms with E-state index in [9.17, 15) is 0 Å². The summed E-state index contributed by atoms with van der Waals surface area (Å²) < 4.78 is 0. The summed E-state index contributed by atoms with van der Waals surface area (Å²) in [5.41, 5.74) is 0.457. The lowest BCUT2D eigenvalue weighted by molar-refractivity contribution is 0.169. The molecule has 1 aliphatic rings. The molecule has 0 radical (unpaired) electrons. The molecule has 108 valence electrons. The first-order valence-corrected chi connectivity index (χ1v) is 7.96. The fourth-order valence-electron chi connectivity index (χ4n) is 3.33. The van der Waals surface area contributed by atoms with Crippen molar-refractivity contribution in [2.45, 2.75) is 78.3 Å². The number of hydrogen-bond acceptors (Lipinski definition) is 2. The molecule has 0 aliphatic heterocycles. The van der Waals surface area contributed by atoms with Crippen LogP contribution >= 0.6 is 0 Å². The highest BCUT2D eigenvalue weighted by Gasteiger charge is 2.42. The molecule has 0 aromatic heterocycles. The van der Waals surface area contributed by atoms with Gasteiger partial charge < -0.3 is 10.2 Å². The van der Waals surface area contributed by atoms with Gasteiger partial charge in [0.1, 0.15) is 0 Å². The topological polar surface area (TPSA) is 15.3 Å². The summed E-state index contributed by atoms with van der Waals surface area (Å²) in [6.45, 7) is 11.8. The number of unbranched alkanes of at least 4 members (excludes halogenated alkanes) is 2. The van der Waals surface area contributed by atoms with E-state index in [0.717, 1.165) is 12.6 Å². The Labute approximate surface area is 115 Å². The van der Waals surface area contributed by atoms with Crippen LogP contribution in [-0.2, 0) is 0 Å². The van der Waals surface area contributed by atoms with Crippen molar-refractivity contribution >= 4 is 0 Å². The van der Waals surface area contributed by atoms with Gasteiger partial charge >= 0.3 is 0 Å². The van der Waals surface area contributed by atoms with Crippen molar-refractivity contribution in [1.82, 2.24) is 10.2 Å². The third kappa shape index (κ3) is 4.24. The highest BCUT2D eigenvalue weighted by atomic mass is 15.2. The van der Waals surface area contributed by atoms with Crippen molar-refractivity contribution in [3.63, 3.8) is 0 Å². The Bertz CT molecular complexity index is 225. The van der Waals surface area contributed by atoms with Crippen molar-refractivity contribution < 1.29 is 0 Å². The maximum atomic E-state index is 3.80. The molecule has 1 saturated carbocycles. The van der Waals surface area contributed by atoms with E-state index in [1.165, 1.54) is 45.1 Å². The second kappa shape index (κ2) is 7.49. The summed E-state index contributed by atoms with van der Waals surface area (Å²) in [5, 5.41) is 3.80. The zero-order chi connectivity index (χ0) is 13.6. The van der Waals surface area contributed by atoms with Crippen LogP contribution in [0.5, 0.6) is 0 Å². The standard InChI is InChI=1S/C16H34N2/c1-6-8-9-13-18(5)14-10-11-16(3,4)15(14)17-12-7-2/h14-15,17H,6-13H2,1-5H3. The smallest absolute Gasteiger partial charge is 0.0274 e. The normalized spacial score (nSPS) is 27.0. The molecule has 1 rings (SSSR count). The summed E-state index contributed by atoms with van der Waals surface area (Å²) in [4.78, 5) is 2.61. The van der Waals surface area contributed by atoms with Crippen LogP contribution in [0.25, 0.3) is 0 Å². The molecule has 0 saturated heterocycles. The molecular weight excluding hydrogens is 220 g/mol. The summed E-state index contributed by atoms with van der Waals surface area (Å²) in [6, 6.07) is 1.41. The van der Waals surface area contributed by atoms with E-state index in [-0.39, 0.29) is 0 Å². The lowest BCUT2D eigenvalue weighted by Crippen LogP contribution is -2.51. The van der Waals surface area contributed by atoms with Gasteiger partial charge in [-0.05, 0) is 51.2 Å². The van der Waals surface area contributed by atoms with Gasteiger partial charge in [0, 0.05) is 12.1 Å². The van der Waals surface area contributed by atoms with Crippen LogP contribution in [-0.4, -0.2) is 37.1 Å². The molecule has 18 heavy (non-hydrogen) atoms. The first kappa shape index (κ1) is 16.0. The molecule has 0 spiro atoms. The summed E-state index contributed by atoms with van der Waals surface area (Å²) in [7, 11) is 2.32. The van der Waals surface area contributed by atoms with E-state index in [1.807, 2.05) is 0 Å². The van der Waals surface area contributed by atoms with Gasteiger partial charge in [0.15, 0.2) is 0 Å². The minimum Gasteiger partial charge on any atom is -0.312 e. The molecular formula is C16H34N2. The number of hydrogen-bond donors (Lipinski definition) is 1. The lowest BCUT2D eigenvalue weighted by atomic mass is 9.86. The zero-order valence-electron chi connectivity index (χ0n) is 13.3. The average molecular weight is 254 g/mol. The summed E-state index contributed by atoms with van der Waals surface area (Å²) in [6.07, 6.45) is 7.99. The lowest BCUT2D eigenvalue weighted by Gasteiger charge is -2.36. The molecule has 0 bridgehead atoms. The Morgan fingerprint density at radius 2 is 1.89 bits per heavy atom. The third-order valence-electron chi connectivity index (χ3n) is 4.61. The minimum absolute atomic E-state index is 0.457. The molecule has 1 fully saturated rings. The predicted octanol–water partition coefficient (Wildman–Crippen LogP) is 3.67. The second-order valence-electron chi connectivity index (χ2n) is 6.71. The number of rotatable bonds is 8. The van der Waals surface area contributed by atoms with Gasteiger partial charge in [0.25, 0.3) is 0 Å². The van der Waals surface area contributed by atoms with E-state index in [0.29, 0.717) is 11.5 Å². The van der Waals surface area contributed by atoms with Crippen molar-refractivity contribution in [1.29, 1.82) is 0 Å². The Morgan fingerprint density at radius 1 is 1.17 bits per heavy atom. The molecule has 2 unspecified atom stereocenters. The predicted molar refractivity (Wildman–Crippen MR) is 81.0 cm³/mol. The van der Waals surface area contributed by atoms with Crippen molar-refractivity contribution in [3.05, 3.63) is 0 Å². The monoisotopic (exact) mass is 254 g/mol. The first-order chi connectivity index (χ1) is 8.53. The van der Waals surface area contributed by atoms with Gasteiger partial charge in [-0.1, -0.05) is 40.5 Å². The Hall–Kier alpha value is -0.0800. The average Bonchev–Trinajstić information content (AvgIpc) is 2.62. The fourth-order valence-corrected chi connectivity index (χ4v) is 3.33. The molecule has 2 heteroatoms. The zero-order valence-corrected chi connectivity index (χ0v) is 13.3. The van der Waals surface area contributed by atoms with Crippen LogP contribution in [0.2, 0.25) is 0 Å². The van der Waals surface area contributed by atoms with E-state index < -0.39 is 0 Å². The molecule has 1 N–H and O–H groups in total. The van der Waals surface area contributed by atoms with E-state index in [4.69, 9.17) is 0 Å². The Kier molecular flexibility index (Phi) is 6.65. The van der Waals surface area contributed by atoms with Gasteiger partial charge in [-0.25, -0.2) is 0 Å². The molecule has 2 atom stereocenters. The van der Waals surface area contributed by atoms with Crippen molar-refractivity contribution in [2.24, 2.45) is 5.41 Å². The van der Waals surface area contributed by atoms with Gasteiger partial charge in [-0.15, -0.1) is 0 Å². The third-order valence-corrected chi connectivity index (χ3v) is 4.61. The van der Waals surface area contributed by atoms with Crippen molar-refractivity contribution in [3.8, 4) is 0 Å². The summed E-state index contributed by atoms with van der Waals surface area (Å²) in [5.74, 6) is 0. The van der Waals surface area contributed by atoms with Gasteiger partial charge in [0.05, 0.1) is 0 Å². The maximum absolute atomic E-state index is 3.80. The number of nitrogens with one attached hydrogen (secondary N) is 1. The molecule has 0 aromatic rings. The molecule has 0 amide bonds. The largest absolute Gasteiger partial charge is 0.312 e. The molecule has 1 aliphatic carbocycles. The van der Waals surface area contributed by atoms with E-state index in [1.54, 1.807) is 0 Å². The van der Waals surface area contributed by atoms with Crippen LogP contribution < -0.4 is 5.32 Å². The summed E-state index contributed by atoms with van der Waals surface area (Å²) >= 11 is 0. The highest BCUT2D eigenvalue weighted by Crippen LogP contribution is 2.39. The minimum atomic E-state index is 0.457. The van der Waals surface area contributed by atoms with Crippen LogP contribution in [0.4, 0.5) is 0 Å². The SMILES string of the molecule is CCCCCN(C)C1CCC(C)(C)C1NCCC. The Morgan fingerprint density at radius 3 is 2.50 bits per heavy atom. The number of nitrogens with zero attached hydrogens (tertiary/aromatic N) is 1. The van der Waals surface area contributed by atoms with Crippen LogP contribution in [0.3, 0.4) is 0 Å². The molecule has 0 heterocycles. The Balaban J connectivity index is 2.51. The van der Waals surface area contributed by atoms with E-state index in [2.05, 4.69) is 45.0 Å². The molecule has 2 nitrogen and oxygen atoms in total. The van der Waals surface area contributed by atoms with Crippen LogP contribution in [0.15, 0.2) is 0 Å². The van der Waals surface area contributed by atoms with Gasteiger partial charge in [-0.3, -0.25) is 0 Å². The van der Waals surface area contributed by atoms with Crippen LogP contribution in [0.1, 0.15) is 66.2 Å². The highest BCUT2D eigenvalue weighted by molar-refractivity contribution is 5.00. The number of likely N-dealkylation sites (N-methyl/N-ethyl adjacent to an activating group) is 1.